The van der Waals surface area contributed by atoms with E-state index >= 15 is 0 Å². The highest BCUT2D eigenvalue weighted by molar-refractivity contribution is 7.89. The maximum Gasteiger partial charge on any atom is 0.240 e. The molecule has 1 aromatic carbocycles. The Labute approximate surface area is 121 Å². The van der Waals surface area contributed by atoms with Crippen molar-refractivity contribution in [1.29, 1.82) is 0 Å². The van der Waals surface area contributed by atoms with Gasteiger partial charge in [0.25, 0.3) is 0 Å². The molecule has 1 aliphatic rings. The number of hydrogen-bond acceptors (Lipinski definition) is 4. The van der Waals surface area contributed by atoms with E-state index in [1.165, 1.54) is 7.05 Å². The molecule has 2 unspecified atom stereocenters. The van der Waals surface area contributed by atoms with E-state index in [9.17, 15) is 8.42 Å². The lowest BCUT2D eigenvalue weighted by Gasteiger charge is -2.29. The first kappa shape index (κ1) is 15.3. The van der Waals surface area contributed by atoms with Gasteiger partial charge in [-0.25, -0.2) is 13.1 Å². The van der Waals surface area contributed by atoms with Crippen molar-refractivity contribution in [2.75, 3.05) is 12.4 Å². The second-order valence-electron chi connectivity index (χ2n) is 5.45. The summed E-state index contributed by atoms with van der Waals surface area (Å²) in [6.45, 7) is 1.97. The van der Waals surface area contributed by atoms with Gasteiger partial charge in [0.1, 0.15) is 0 Å². The van der Waals surface area contributed by atoms with Gasteiger partial charge in [0.05, 0.1) is 4.90 Å². The van der Waals surface area contributed by atoms with Crippen LogP contribution in [0.5, 0.6) is 0 Å². The largest absolute Gasteiger partial charge is 0.382 e. The van der Waals surface area contributed by atoms with Crippen LogP contribution >= 0.6 is 0 Å². The minimum Gasteiger partial charge on any atom is -0.382 e. The average molecular weight is 297 g/mol. The van der Waals surface area contributed by atoms with Crippen LogP contribution in [0.4, 0.5) is 5.69 Å². The lowest BCUT2D eigenvalue weighted by Crippen LogP contribution is -2.35. The van der Waals surface area contributed by atoms with E-state index in [1.807, 2.05) is 13.0 Å². The van der Waals surface area contributed by atoms with E-state index in [1.54, 1.807) is 12.1 Å². The molecule has 0 bridgehead atoms. The summed E-state index contributed by atoms with van der Waals surface area (Å²) in [4.78, 5) is 0.285. The van der Waals surface area contributed by atoms with Crippen LogP contribution in [-0.2, 0) is 10.0 Å². The second-order valence-corrected chi connectivity index (χ2v) is 7.34. The predicted octanol–water partition coefficient (Wildman–Crippen LogP) is 1.58. The van der Waals surface area contributed by atoms with Crippen LogP contribution in [0.15, 0.2) is 23.1 Å². The van der Waals surface area contributed by atoms with Crippen molar-refractivity contribution < 1.29 is 8.42 Å². The molecule has 1 aromatic rings. The van der Waals surface area contributed by atoms with Crippen LogP contribution in [0.3, 0.4) is 0 Å². The summed E-state index contributed by atoms with van der Waals surface area (Å²) in [6, 6.07) is 5.71. The minimum atomic E-state index is -3.40. The first-order chi connectivity index (χ1) is 9.42. The zero-order chi connectivity index (χ0) is 14.8. The normalized spacial score (nSPS) is 23.6. The van der Waals surface area contributed by atoms with Gasteiger partial charge >= 0.3 is 0 Å². The smallest absolute Gasteiger partial charge is 0.240 e. The number of sulfonamides is 1. The third-order valence-corrected chi connectivity index (χ3v) is 5.27. The maximum absolute atomic E-state index is 11.8. The summed E-state index contributed by atoms with van der Waals surface area (Å²) >= 11 is 0. The average Bonchev–Trinajstić information content (AvgIpc) is 2.41. The maximum atomic E-state index is 11.8. The van der Waals surface area contributed by atoms with Crippen molar-refractivity contribution in [3.63, 3.8) is 0 Å². The van der Waals surface area contributed by atoms with E-state index in [4.69, 9.17) is 5.73 Å². The first-order valence-corrected chi connectivity index (χ1v) is 8.47. The Balaban J connectivity index is 2.21. The molecule has 0 amide bonds. The lowest BCUT2D eigenvalue weighted by molar-refractivity contribution is 0.409. The van der Waals surface area contributed by atoms with Crippen LogP contribution in [-0.4, -0.2) is 27.5 Å². The number of aryl methyl sites for hydroxylation is 1. The summed E-state index contributed by atoms with van der Waals surface area (Å²) < 4.78 is 26.0. The van der Waals surface area contributed by atoms with Crippen molar-refractivity contribution in [2.45, 2.75) is 49.6 Å². The third-order valence-electron chi connectivity index (χ3n) is 3.86. The molecule has 1 fully saturated rings. The minimum absolute atomic E-state index is 0.241. The molecule has 0 spiro atoms. The standard InChI is InChI=1S/C14H23N3O2S/c1-10-6-7-13(20(18,19)16-2)9-14(10)17-12-5-3-4-11(15)8-12/h6-7,9,11-12,16-17H,3-5,8,15H2,1-2H3. The van der Waals surface area contributed by atoms with Gasteiger partial charge in [-0.05, 0) is 57.4 Å². The number of anilines is 1. The number of hydrogen-bond donors (Lipinski definition) is 3. The summed E-state index contributed by atoms with van der Waals surface area (Å²) in [5.74, 6) is 0. The molecular formula is C14H23N3O2S. The number of nitrogens with two attached hydrogens (primary N) is 1. The van der Waals surface area contributed by atoms with Crippen molar-refractivity contribution >= 4 is 15.7 Å². The van der Waals surface area contributed by atoms with Crippen LogP contribution in [0.2, 0.25) is 0 Å². The zero-order valence-electron chi connectivity index (χ0n) is 12.0. The Kier molecular flexibility index (Phi) is 4.67. The molecule has 6 heteroatoms. The topological polar surface area (TPSA) is 84.2 Å². The van der Waals surface area contributed by atoms with Gasteiger partial charge in [-0.15, -0.1) is 0 Å². The molecule has 20 heavy (non-hydrogen) atoms. The molecular weight excluding hydrogens is 274 g/mol. The lowest BCUT2D eigenvalue weighted by atomic mass is 9.91. The summed E-state index contributed by atoms with van der Waals surface area (Å²) in [5, 5.41) is 3.44. The zero-order valence-corrected chi connectivity index (χ0v) is 12.8. The third kappa shape index (κ3) is 3.50. The Morgan fingerprint density at radius 1 is 1.30 bits per heavy atom. The molecule has 0 heterocycles. The highest BCUT2D eigenvalue weighted by atomic mass is 32.2. The van der Waals surface area contributed by atoms with Gasteiger partial charge in [-0.3, -0.25) is 0 Å². The molecule has 112 valence electrons. The van der Waals surface area contributed by atoms with Crippen LogP contribution in [0.25, 0.3) is 0 Å². The van der Waals surface area contributed by atoms with Gasteiger partial charge in [0.15, 0.2) is 0 Å². The SMILES string of the molecule is CNS(=O)(=O)c1ccc(C)c(NC2CCCC(N)C2)c1. The first-order valence-electron chi connectivity index (χ1n) is 6.98. The van der Waals surface area contributed by atoms with E-state index in [0.29, 0.717) is 6.04 Å². The fourth-order valence-electron chi connectivity index (χ4n) is 2.62. The van der Waals surface area contributed by atoms with Gasteiger partial charge in [-0.2, -0.15) is 0 Å². The van der Waals surface area contributed by atoms with E-state index in [0.717, 1.165) is 36.9 Å². The van der Waals surface area contributed by atoms with Crippen molar-refractivity contribution in [1.82, 2.24) is 4.72 Å². The Morgan fingerprint density at radius 3 is 2.70 bits per heavy atom. The number of rotatable bonds is 4. The molecule has 2 atom stereocenters. The molecule has 0 saturated heterocycles. The Bertz CT molecular complexity index is 572. The summed E-state index contributed by atoms with van der Waals surface area (Å²) in [6.07, 6.45) is 4.20. The van der Waals surface area contributed by atoms with Crippen molar-refractivity contribution in [3.05, 3.63) is 23.8 Å². The molecule has 0 aromatic heterocycles. The fraction of sp³-hybridized carbons (Fsp3) is 0.571. The van der Waals surface area contributed by atoms with E-state index in [2.05, 4.69) is 10.0 Å². The Morgan fingerprint density at radius 2 is 2.05 bits per heavy atom. The van der Waals surface area contributed by atoms with E-state index < -0.39 is 10.0 Å². The van der Waals surface area contributed by atoms with Crippen molar-refractivity contribution in [2.24, 2.45) is 5.73 Å². The predicted molar refractivity (Wildman–Crippen MR) is 81.3 cm³/mol. The van der Waals surface area contributed by atoms with Crippen LogP contribution in [0, 0.1) is 6.92 Å². The second kappa shape index (κ2) is 6.11. The van der Waals surface area contributed by atoms with Gasteiger partial charge in [0, 0.05) is 17.8 Å². The quantitative estimate of drug-likeness (QED) is 0.788. The fourth-order valence-corrected chi connectivity index (χ4v) is 3.38. The van der Waals surface area contributed by atoms with Crippen LogP contribution < -0.4 is 15.8 Å². The van der Waals surface area contributed by atoms with E-state index in [-0.39, 0.29) is 10.9 Å². The molecule has 0 aliphatic heterocycles. The molecule has 2 rings (SSSR count). The summed E-state index contributed by atoms with van der Waals surface area (Å²) in [5.41, 5.74) is 7.91. The number of benzene rings is 1. The monoisotopic (exact) mass is 297 g/mol. The van der Waals surface area contributed by atoms with Crippen LogP contribution in [0.1, 0.15) is 31.2 Å². The van der Waals surface area contributed by atoms with Crippen molar-refractivity contribution in [3.8, 4) is 0 Å². The molecule has 4 N–H and O–H groups in total. The molecule has 1 saturated carbocycles. The molecule has 1 aliphatic carbocycles. The molecule has 0 radical (unpaired) electrons. The Hall–Kier alpha value is -1.11. The highest BCUT2D eigenvalue weighted by Crippen LogP contribution is 2.25. The van der Waals surface area contributed by atoms with Gasteiger partial charge in [-0.1, -0.05) is 6.07 Å². The van der Waals surface area contributed by atoms with Gasteiger partial charge in [0.2, 0.25) is 10.0 Å². The summed E-state index contributed by atoms with van der Waals surface area (Å²) in [7, 11) is -1.98. The number of nitrogens with one attached hydrogen (secondary N) is 2. The van der Waals surface area contributed by atoms with Gasteiger partial charge < -0.3 is 11.1 Å². The highest BCUT2D eigenvalue weighted by Gasteiger charge is 2.20. The molecule has 5 nitrogen and oxygen atoms in total.